The molecule has 2 aliphatic rings. The SMILES string of the molecule is CCCCCCCCCCCC[C@H](O)[C@@H]1CC[C@H]([C@H](O)CCCCC(=O)C[C@H](O)CCC[C@@H](O)CC2=C[C@H](C)OC2=O)O1. The monoisotopic (exact) mass is 610 g/mol. The molecule has 2 rings (SSSR count). The van der Waals surface area contributed by atoms with Crippen LogP contribution in [-0.2, 0) is 19.1 Å². The molecule has 0 bridgehead atoms. The lowest BCUT2D eigenvalue weighted by atomic mass is 9.98. The summed E-state index contributed by atoms with van der Waals surface area (Å²) in [6.45, 7) is 4.02. The highest BCUT2D eigenvalue weighted by Crippen LogP contribution is 2.28. The first-order chi connectivity index (χ1) is 20.7. The maximum atomic E-state index is 12.3. The Kier molecular flexibility index (Phi) is 19.6. The number of aliphatic hydroxyl groups is 4. The molecule has 2 aliphatic heterocycles. The Morgan fingerprint density at radius 3 is 1.86 bits per heavy atom. The average molecular weight is 611 g/mol. The molecule has 1 saturated heterocycles. The van der Waals surface area contributed by atoms with E-state index in [1.165, 1.54) is 51.4 Å². The molecule has 2 heterocycles. The molecule has 0 aromatic heterocycles. The Labute approximate surface area is 260 Å². The molecule has 4 N–H and O–H groups in total. The van der Waals surface area contributed by atoms with E-state index in [0.29, 0.717) is 50.5 Å². The molecule has 0 radical (unpaired) electrons. The fraction of sp³-hybridized carbons (Fsp3) is 0.886. The minimum atomic E-state index is -0.739. The summed E-state index contributed by atoms with van der Waals surface area (Å²) in [5.74, 6) is -0.374. The lowest BCUT2D eigenvalue weighted by Crippen LogP contribution is -2.31. The van der Waals surface area contributed by atoms with E-state index in [1.54, 1.807) is 13.0 Å². The van der Waals surface area contributed by atoms with Gasteiger partial charge >= 0.3 is 5.97 Å². The molecule has 7 atom stereocenters. The molecule has 8 nitrogen and oxygen atoms in total. The van der Waals surface area contributed by atoms with Crippen molar-refractivity contribution in [2.24, 2.45) is 0 Å². The minimum absolute atomic E-state index is 0.00246. The Balaban J connectivity index is 1.45. The maximum Gasteiger partial charge on any atom is 0.334 e. The van der Waals surface area contributed by atoms with Crippen LogP contribution in [0, 0.1) is 0 Å². The second-order valence-corrected chi connectivity index (χ2v) is 13.1. The molecule has 0 spiro atoms. The van der Waals surface area contributed by atoms with Gasteiger partial charge in [0.2, 0.25) is 0 Å². The average Bonchev–Trinajstić information content (AvgIpc) is 3.58. The summed E-state index contributed by atoms with van der Waals surface area (Å²) in [6, 6.07) is 0. The van der Waals surface area contributed by atoms with Crippen molar-refractivity contribution in [3.8, 4) is 0 Å². The summed E-state index contributed by atoms with van der Waals surface area (Å²) in [5.41, 5.74) is 0.498. The van der Waals surface area contributed by atoms with E-state index in [0.717, 1.165) is 32.1 Å². The molecular formula is C35H62O8. The van der Waals surface area contributed by atoms with Crippen molar-refractivity contribution in [3.05, 3.63) is 11.6 Å². The summed E-state index contributed by atoms with van der Waals surface area (Å²) in [5, 5.41) is 41.6. The van der Waals surface area contributed by atoms with Crippen molar-refractivity contribution in [1.82, 2.24) is 0 Å². The minimum Gasteiger partial charge on any atom is -0.455 e. The summed E-state index contributed by atoms with van der Waals surface area (Å²) in [7, 11) is 0. The first-order valence-corrected chi connectivity index (χ1v) is 17.5. The lowest BCUT2D eigenvalue weighted by Gasteiger charge is -2.22. The van der Waals surface area contributed by atoms with Crippen molar-refractivity contribution in [3.63, 3.8) is 0 Å². The van der Waals surface area contributed by atoms with Gasteiger partial charge in [-0.2, -0.15) is 0 Å². The quantitative estimate of drug-likeness (QED) is 0.0668. The van der Waals surface area contributed by atoms with E-state index in [1.807, 2.05) is 0 Å². The van der Waals surface area contributed by atoms with Crippen LogP contribution in [0.15, 0.2) is 11.6 Å². The number of cyclic esters (lactones) is 1. The molecule has 250 valence electrons. The van der Waals surface area contributed by atoms with Gasteiger partial charge < -0.3 is 29.9 Å². The summed E-state index contributed by atoms with van der Waals surface area (Å²) < 4.78 is 11.1. The van der Waals surface area contributed by atoms with E-state index >= 15 is 0 Å². The molecule has 0 aromatic rings. The number of rotatable bonds is 26. The highest BCUT2D eigenvalue weighted by atomic mass is 16.5. The van der Waals surface area contributed by atoms with E-state index in [-0.39, 0.29) is 42.9 Å². The lowest BCUT2D eigenvalue weighted by molar-refractivity contribution is -0.139. The number of Topliss-reactive ketones (excluding diaryl/α,β-unsaturated/α-hetero) is 1. The second-order valence-electron chi connectivity index (χ2n) is 13.1. The van der Waals surface area contributed by atoms with Gasteiger partial charge in [0.25, 0.3) is 0 Å². The highest BCUT2D eigenvalue weighted by molar-refractivity contribution is 5.90. The molecule has 0 unspecified atom stereocenters. The second kappa shape index (κ2) is 22.2. The zero-order valence-electron chi connectivity index (χ0n) is 27.1. The Morgan fingerprint density at radius 1 is 0.767 bits per heavy atom. The number of ketones is 1. The molecule has 0 amide bonds. The third-order valence-electron chi connectivity index (χ3n) is 8.99. The van der Waals surface area contributed by atoms with E-state index in [2.05, 4.69) is 6.92 Å². The molecule has 0 saturated carbocycles. The van der Waals surface area contributed by atoms with Gasteiger partial charge in [-0.1, -0.05) is 77.6 Å². The molecule has 1 fully saturated rings. The van der Waals surface area contributed by atoms with Gasteiger partial charge in [-0.05, 0) is 64.4 Å². The van der Waals surface area contributed by atoms with Crippen LogP contribution in [0.5, 0.6) is 0 Å². The third kappa shape index (κ3) is 16.5. The van der Waals surface area contributed by atoms with Crippen LogP contribution in [0.3, 0.4) is 0 Å². The molecular weight excluding hydrogens is 548 g/mol. The van der Waals surface area contributed by atoms with Crippen molar-refractivity contribution in [1.29, 1.82) is 0 Å². The molecule has 0 aliphatic carbocycles. The van der Waals surface area contributed by atoms with E-state index < -0.39 is 24.4 Å². The first-order valence-electron chi connectivity index (χ1n) is 17.5. The fourth-order valence-corrected chi connectivity index (χ4v) is 6.34. The highest BCUT2D eigenvalue weighted by Gasteiger charge is 2.34. The van der Waals surface area contributed by atoms with Gasteiger partial charge in [-0.15, -0.1) is 0 Å². The molecule has 8 heteroatoms. The largest absolute Gasteiger partial charge is 0.455 e. The number of ether oxygens (including phenoxy) is 2. The van der Waals surface area contributed by atoms with Gasteiger partial charge in [0.15, 0.2) is 0 Å². The van der Waals surface area contributed by atoms with Crippen molar-refractivity contribution < 1.29 is 39.5 Å². The molecule has 0 aromatic carbocycles. The van der Waals surface area contributed by atoms with E-state index in [4.69, 9.17) is 9.47 Å². The van der Waals surface area contributed by atoms with E-state index in [9.17, 15) is 30.0 Å². The summed E-state index contributed by atoms with van der Waals surface area (Å²) in [4.78, 5) is 23.9. The normalized spacial score (nSPS) is 23.2. The van der Waals surface area contributed by atoms with Crippen LogP contribution in [0.1, 0.15) is 155 Å². The smallest absolute Gasteiger partial charge is 0.334 e. The van der Waals surface area contributed by atoms with Crippen molar-refractivity contribution in [2.45, 2.75) is 198 Å². The van der Waals surface area contributed by atoms with Crippen LogP contribution >= 0.6 is 0 Å². The number of aliphatic hydroxyl groups excluding tert-OH is 4. The fourth-order valence-electron chi connectivity index (χ4n) is 6.34. The Hall–Kier alpha value is -1.32. The Bertz CT molecular complexity index is 799. The first kappa shape index (κ1) is 37.9. The zero-order valence-corrected chi connectivity index (χ0v) is 27.1. The zero-order chi connectivity index (χ0) is 31.5. The summed E-state index contributed by atoms with van der Waals surface area (Å²) in [6.07, 6.45) is 17.6. The number of hydrogen-bond donors (Lipinski definition) is 4. The third-order valence-corrected chi connectivity index (χ3v) is 8.99. The standard InChI is InChI=1S/C35H62O8/c1-3-4-5-6-7-8-9-10-11-12-19-31(39)33-21-22-34(43-33)32(40)20-14-13-16-29(37)25-30(38)18-15-17-28(36)24-27-23-26(2)42-35(27)41/h23,26,28,30-34,36,38-40H,3-22,24-25H2,1-2H3/t26-,28+,30+,31-,32+,33-,34+/m0/s1. The van der Waals surface area contributed by atoms with Crippen LogP contribution in [0.25, 0.3) is 0 Å². The van der Waals surface area contributed by atoms with Crippen molar-refractivity contribution in [2.75, 3.05) is 0 Å². The topological polar surface area (TPSA) is 134 Å². The number of unbranched alkanes of at least 4 members (excludes halogenated alkanes) is 10. The van der Waals surface area contributed by atoms with Crippen LogP contribution < -0.4 is 0 Å². The predicted molar refractivity (Wildman–Crippen MR) is 169 cm³/mol. The number of esters is 1. The van der Waals surface area contributed by atoms with Crippen LogP contribution in [0.4, 0.5) is 0 Å². The van der Waals surface area contributed by atoms with Gasteiger partial charge in [-0.25, -0.2) is 4.79 Å². The Morgan fingerprint density at radius 2 is 1.30 bits per heavy atom. The summed E-state index contributed by atoms with van der Waals surface area (Å²) >= 11 is 0. The van der Waals surface area contributed by atoms with Gasteiger partial charge in [0.1, 0.15) is 11.9 Å². The van der Waals surface area contributed by atoms with Gasteiger partial charge in [-0.3, -0.25) is 4.79 Å². The number of carbonyl (C=O) groups excluding carboxylic acids is 2. The predicted octanol–water partition coefficient (Wildman–Crippen LogP) is 6.24. The van der Waals surface area contributed by atoms with Crippen LogP contribution in [0.2, 0.25) is 0 Å². The maximum absolute atomic E-state index is 12.3. The van der Waals surface area contributed by atoms with Gasteiger partial charge in [0, 0.05) is 24.8 Å². The number of hydrogen-bond acceptors (Lipinski definition) is 8. The van der Waals surface area contributed by atoms with Gasteiger partial charge in [0.05, 0.1) is 36.6 Å². The van der Waals surface area contributed by atoms with Crippen LogP contribution in [-0.4, -0.2) is 74.9 Å². The molecule has 43 heavy (non-hydrogen) atoms. The number of carbonyl (C=O) groups is 2. The van der Waals surface area contributed by atoms with Crippen molar-refractivity contribution >= 4 is 11.8 Å².